The van der Waals surface area contributed by atoms with E-state index in [0.29, 0.717) is 24.1 Å². The first-order valence-electron chi connectivity index (χ1n) is 9.82. The van der Waals surface area contributed by atoms with E-state index in [9.17, 15) is 17.6 Å². The number of allylic oxidation sites excluding steroid dienone is 9. The second kappa shape index (κ2) is 14.4. The standard InChI is InChI=1S/C23H33F4N3/c1-6-20(24)13-18(4)9-7-8-12-29-15-19(5)22(28)14-21(11-10-17(2)3)30-16-23(25,26)27/h9-11,13-15,28-30H,2,6-8,12,16H2,1,3-5H3/b11-10+,18-9-,19-15+,20-13+,21-14-,28-22?. The van der Waals surface area contributed by atoms with Crippen molar-refractivity contribution < 1.29 is 17.6 Å². The first kappa shape index (κ1) is 27.4. The zero-order valence-electron chi connectivity index (χ0n) is 18.2. The van der Waals surface area contributed by atoms with Crippen LogP contribution in [-0.2, 0) is 0 Å². The molecule has 0 rings (SSSR count). The van der Waals surface area contributed by atoms with Gasteiger partial charge in [-0.3, -0.25) is 0 Å². The quantitative estimate of drug-likeness (QED) is 0.133. The predicted octanol–water partition coefficient (Wildman–Crippen LogP) is 6.66. The Morgan fingerprint density at radius 2 is 1.77 bits per heavy atom. The Kier molecular flexibility index (Phi) is 13.2. The summed E-state index contributed by atoms with van der Waals surface area (Å²) in [6.07, 6.45) is 7.19. The molecule has 0 atom stereocenters. The smallest absolute Gasteiger partial charge is 0.391 e. The molecule has 0 unspecified atom stereocenters. The topological polar surface area (TPSA) is 47.9 Å². The monoisotopic (exact) mass is 427 g/mol. The third-order valence-corrected chi connectivity index (χ3v) is 3.80. The van der Waals surface area contributed by atoms with Crippen LogP contribution in [0.25, 0.3) is 0 Å². The summed E-state index contributed by atoms with van der Waals surface area (Å²) in [7, 11) is 0. The highest BCUT2D eigenvalue weighted by molar-refractivity contribution is 6.06. The second-order valence-electron chi connectivity index (χ2n) is 6.98. The van der Waals surface area contributed by atoms with Crippen LogP contribution in [0.3, 0.4) is 0 Å². The normalized spacial score (nSPS) is 14.3. The Morgan fingerprint density at radius 3 is 2.33 bits per heavy atom. The van der Waals surface area contributed by atoms with Gasteiger partial charge in [-0.1, -0.05) is 36.8 Å². The number of nitrogens with one attached hydrogen (secondary N) is 3. The van der Waals surface area contributed by atoms with Crippen molar-refractivity contribution in [2.45, 2.75) is 53.1 Å². The van der Waals surface area contributed by atoms with Crippen LogP contribution in [0.15, 0.2) is 71.4 Å². The Morgan fingerprint density at radius 1 is 1.10 bits per heavy atom. The maximum Gasteiger partial charge on any atom is 0.405 e. The molecule has 0 fully saturated rings. The molecular formula is C23H33F4N3. The van der Waals surface area contributed by atoms with E-state index in [-0.39, 0.29) is 17.2 Å². The van der Waals surface area contributed by atoms with E-state index < -0.39 is 12.7 Å². The summed E-state index contributed by atoms with van der Waals surface area (Å²) in [6.45, 7) is 10.2. The minimum atomic E-state index is -4.35. The Hall–Kier alpha value is -2.57. The molecule has 7 heteroatoms. The second-order valence-corrected chi connectivity index (χ2v) is 6.98. The van der Waals surface area contributed by atoms with Gasteiger partial charge in [-0.05, 0) is 63.8 Å². The molecule has 0 aromatic heterocycles. The molecule has 30 heavy (non-hydrogen) atoms. The van der Waals surface area contributed by atoms with Crippen LogP contribution in [0, 0.1) is 5.41 Å². The summed E-state index contributed by atoms with van der Waals surface area (Å²) < 4.78 is 50.6. The van der Waals surface area contributed by atoms with Crippen LogP contribution in [0.2, 0.25) is 0 Å². The third-order valence-electron chi connectivity index (χ3n) is 3.80. The third kappa shape index (κ3) is 15.4. The average Bonchev–Trinajstić information content (AvgIpc) is 2.65. The van der Waals surface area contributed by atoms with Gasteiger partial charge in [0.05, 0.1) is 11.5 Å². The van der Waals surface area contributed by atoms with Crippen LogP contribution in [0.5, 0.6) is 0 Å². The molecule has 3 N–H and O–H groups in total. The first-order valence-corrected chi connectivity index (χ1v) is 9.82. The van der Waals surface area contributed by atoms with E-state index in [1.54, 1.807) is 33.0 Å². The van der Waals surface area contributed by atoms with Gasteiger partial charge in [-0.2, -0.15) is 13.2 Å². The lowest BCUT2D eigenvalue weighted by molar-refractivity contribution is -0.123. The van der Waals surface area contributed by atoms with E-state index in [1.165, 1.54) is 18.2 Å². The molecule has 0 bridgehead atoms. The van der Waals surface area contributed by atoms with Crippen LogP contribution >= 0.6 is 0 Å². The van der Waals surface area contributed by atoms with Crippen molar-refractivity contribution in [2.75, 3.05) is 13.1 Å². The van der Waals surface area contributed by atoms with E-state index in [1.807, 2.05) is 13.0 Å². The molecule has 0 aromatic rings. The summed E-state index contributed by atoms with van der Waals surface area (Å²) in [6, 6.07) is 0. The molecule has 0 spiro atoms. The highest BCUT2D eigenvalue weighted by atomic mass is 19.4. The summed E-state index contributed by atoms with van der Waals surface area (Å²) in [5, 5.41) is 13.5. The number of hydrogen-bond acceptors (Lipinski definition) is 3. The fraction of sp³-hybridized carbons (Fsp3) is 0.435. The molecule has 0 amide bonds. The largest absolute Gasteiger partial charge is 0.405 e. The van der Waals surface area contributed by atoms with Gasteiger partial charge in [0, 0.05) is 18.4 Å². The van der Waals surface area contributed by atoms with Crippen LogP contribution in [0.1, 0.15) is 47.0 Å². The van der Waals surface area contributed by atoms with Gasteiger partial charge in [0.1, 0.15) is 6.54 Å². The number of rotatable bonds is 13. The van der Waals surface area contributed by atoms with Crippen LogP contribution in [0.4, 0.5) is 17.6 Å². The lowest BCUT2D eigenvalue weighted by Crippen LogP contribution is -2.28. The maximum atomic E-state index is 13.2. The summed E-state index contributed by atoms with van der Waals surface area (Å²) in [4.78, 5) is 0. The minimum Gasteiger partial charge on any atom is -0.391 e. The van der Waals surface area contributed by atoms with Crippen molar-refractivity contribution in [2.24, 2.45) is 0 Å². The molecule has 0 aliphatic rings. The number of halogens is 4. The van der Waals surface area contributed by atoms with Gasteiger partial charge in [0.2, 0.25) is 0 Å². The number of hydrogen-bond donors (Lipinski definition) is 3. The number of alkyl halides is 3. The maximum absolute atomic E-state index is 13.2. The van der Waals surface area contributed by atoms with Crippen molar-refractivity contribution in [1.82, 2.24) is 10.6 Å². The summed E-state index contributed by atoms with van der Waals surface area (Å²) in [5.41, 5.74) is 2.43. The van der Waals surface area contributed by atoms with Crippen LogP contribution < -0.4 is 10.6 Å². The molecule has 0 saturated carbocycles. The molecule has 3 nitrogen and oxygen atoms in total. The van der Waals surface area contributed by atoms with E-state index in [4.69, 9.17) is 5.41 Å². The first-order chi connectivity index (χ1) is 13.9. The molecule has 0 aliphatic carbocycles. The van der Waals surface area contributed by atoms with E-state index in [0.717, 1.165) is 18.4 Å². The predicted molar refractivity (Wildman–Crippen MR) is 118 cm³/mol. The summed E-state index contributed by atoms with van der Waals surface area (Å²) in [5.74, 6) is -0.144. The average molecular weight is 428 g/mol. The fourth-order valence-electron chi connectivity index (χ4n) is 2.11. The van der Waals surface area contributed by atoms with Gasteiger partial charge < -0.3 is 16.0 Å². The van der Waals surface area contributed by atoms with Gasteiger partial charge in [-0.15, -0.1) is 0 Å². The van der Waals surface area contributed by atoms with Crippen molar-refractivity contribution in [3.63, 3.8) is 0 Å². The Balaban J connectivity index is 4.75. The minimum absolute atomic E-state index is 0.0921. The highest BCUT2D eigenvalue weighted by Crippen LogP contribution is 2.14. The van der Waals surface area contributed by atoms with Crippen molar-refractivity contribution >= 4 is 5.71 Å². The molecule has 168 valence electrons. The SMILES string of the molecule is C=C(C)/C=C/C(=C/C(=N)/C(C)=C/NCCC/C=C(C)\C=C(\F)CC)NCC(F)(F)F. The van der Waals surface area contributed by atoms with Crippen molar-refractivity contribution in [3.8, 4) is 0 Å². The molecule has 0 saturated heterocycles. The molecule has 0 radical (unpaired) electrons. The van der Waals surface area contributed by atoms with Crippen molar-refractivity contribution in [1.29, 1.82) is 5.41 Å². The lowest BCUT2D eigenvalue weighted by atomic mass is 10.1. The van der Waals surface area contributed by atoms with Gasteiger partial charge in [-0.25, -0.2) is 4.39 Å². The van der Waals surface area contributed by atoms with Gasteiger partial charge in [0.25, 0.3) is 0 Å². The Bertz CT molecular complexity index is 723. The zero-order chi connectivity index (χ0) is 23.2. The Labute approximate surface area is 177 Å². The number of unbranched alkanes of at least 4 members (excludes halogenated alkanes) is 1. The molecule has 0 aliphatic heterocycles. The lowest BCUT2D eigenvalue weighted by Gasteiger charge is -2.11. The fourth-order valence-corrected chi connectivity index (χ4v) is 2.11. The molecule has 0 aromatic carbocycles. The van der Waals surface area contributed by atoms with Crippen molar-refractivity contribution in [3.05, 3.63) is 71.4 Å². The van der Waals surface area contributed by atoms with Gasteiger partial charge >= 0.3 is 6.18 Å². The zero-order valence-corrected chi connectivity index (χ0v) is 18.2. The van der Waals surface area contributed by atoms with E-state index >= 15 is 0 Å². The molecular weight excluding hydrogens is 394 g/mol. The van der Waals surface area contributed by atoms with Gasteiger partial charge in [0.15, 0.2) is 0 Å². The van der Waals surface area contributed by atoms with E-state index in [2.05, 4.69) is 17.2 Å². The van der Waals surface area contributed by atoms with Crippen LogP contribution in [-0.4, -0.2) is 25.0 Å². The summed E-state index contributed by atoms with van der Waals surface area (Å²) >= 11 is 0. The molecule has 0 heterocycles. The highest BCUT2D eigenvalue weighted by Gasteiger charge is 2.26.